The minimum Gasteiger partial charge on any atom is -0.448 e. The fourth-order valence-corrected chi connectivity index (χ4v) is 2.70. The van der Waals surface area contributed by atoms with Crippen LogP contribution in [-0.4, -0.2) is 37.2 Å². The molecule has 2 rings (SSSR count). The predicted octanol–water partition coefficient (Wildman–Crippen LogP) is 4.03. The summed E-state index contributed by atoms with van der Waals surface area (Å²) in [6.45, 7) is 3.31. The SMILES string of the molecule is O=C(Nc1c(Cl)cccc1Cl)OCCN1CCCCC1. The Hall–Kier alpha value is -0.970. The van der Waals surface area contributed by atoms with E-state index in [2.05, 4.69) is 10.2 Å². The number of anilines is 1. The molecule has 1 heterocycles. The lowest BCUT2D eigenvalue weighted by atomic mass is 10.1. The molecule has 0 bridgehead atoms. The Kier molecular flexibility index (Phi) is 5.95. The summed E-state index contributed by atoms with van der Waals surface area (Å²) in [6.07, 6.45) is 3.21. The molecule has 0 atom stereocenters. The summed E-state index contributed by atoms with van der Waals surface area (Å²) in [4.78, 5) is 14.0. The number of hydrogen-bond donors (Lipinski definition) is 1. The molecular weight excluding hydrogens is 299 g/mol. The molecule has 4 nitrogen and oxygen atoms in total. The van der Waals surface area contributed by atoms with Crippen LogP contribution in [0.1, 0.15) is 19.3 Å². The number of piperidine rings is 1. The Labute approximate surface area is 129 Å². The first-order valence-electron chi connectivity index (χ1n) is 6.77. The number of benzene rings is 1. The molecule has 0 unspecified atom stereocenters. The summed E-state index contributed by atoms with van der Waals surface area (Å²) in [6, 6.07) is 5.05. The molecule has 1 fully saturated rings. The molecule has 1 aliphatic heterocycles. The number of rotatable bonds is 4. The average molecular weight is 317 g/mol. The third-order valence-electron chi connectivity index (χ3n) is 3.28. The van der Waals surface area contributed by atoms with E-state index in [0.717, 1.165) is 19.6 Å². The summed E-state index contributed by atoms with van der Waals surface area (Å²) in [5.74, 6) is 0. The molecule has 1 aromatic carbocycles. The van der Waals surface area contributed by atoms with Crippen molar-refractivity contribution in [2.45, 2.75) is 19.3 Å². The van der Waals surface area contributed by atoms with Crippen LogP contribution in [0.25, 0.3) is 0 Å². The van der Waals surface area contributed by atoms with Crippen molar-refractivity contribution in [3.05, 3.63) is 28.2 Å². The minimum absolute atomic E-state index is 0.369. The second-order valence-electron chi connectivity index (χ2n) is 4.76. The third kappa shape index (κ3) is 4.54. The van der Waals surface area contributed by atoms with Crippen molar-refractivity contribution in [1.82, 2.24) is 4.90 Å². The standard InChI is InChI=1S/C14H18Cl2N2O2/c15-11-5-4-6-12(16)13(11)17-14(19)20-10-9-18-7-2-1-3-8-18/h4-6H,1-3,7-10H2,(H,17,19). The summed E-state index contributed by atoms with van der Waals surface area (Å²) >= 11 is 11.9. The highest BCUT2D eigenvalue weighted by Crippen LogP contribution is 2.29. The minimum atomic E-state index is -0.531. The molecule has 0 spiro atoms. The highest BCUT2D eigenvalue weighted by molar-refractivity contribution is 6.39. The fraction of sp³-hybridized carbons (Fsp3) is 0.500. The van der Waals surface area contributed by atoms with Crippen LogP contribution >= 0.6 is 23.2 Å². The highest BCUT2D eigenvalue weighted by Gasteiger charge is 2.12. The van der Waals surface area contributed by atoms with E-state index in [9.17, 15) is 4.79 Å². The second kappa shape index (κ2) is 7.72. The zero-order chi connectivity index (χ0) is 14.4. The number of likely N-dealkylation sites (tertiary alicyclic amines) is 1. The van der Waals surface area contributed by atoms with Gasteiger partial charge in [0.15, 0.2) is 0 Å². The zero-order valence-corrected chi connectivity index (χ0v) is 12.7. The fourth-order valence-electron chi connectivity index (χ4n) is 2.21. The molecule has 1 saturated heterocycles. The van der Waals surface area contributed by atoms with Crippen molar-refractivity contribution in [1.29, 1.82) is 0 Å². The summed E-state index contributed by atoms with van der Waals surface area (Å²) < 4.78 is 5.15. The van der Waals surface area contributed by atoms with Crippen molar-refractivity contribution in [3.63, 3.8) is 0 Å². The number of nitrogens with zero attached hydrogens (tertiary/aromatic N) is 1. The number of ether oxygens (including phenoxy) is 1. The highest BCUT2D eigenvalue weighted by atomic mass is 35.5. The topological polar surface area (TPSA) is 41.6 Å². The van der Waals surface area contributed by atoms with Gasteiger partial charge in [0.1, 0.15) is 6.61 Å². The molecule has 1 N–H and O–H groups in total. The van der Waals surface area contributed by atoms with Gasteiger partial charge in [0, 0.05) is 6.54 Å². The maximum atomic E-state index is 11.7. The molecule has 0 radical (unpaired) electrons. The van der Waals surface area contributed by atoms with Crippen LogP contribution in [0.4, 0.5) is 10.5 Å². The molecule has 0 aliphatic carbocycles. The number of halogens is 2. The van der Waals surface area contributed by atoms with Gasteiger partial charge in [-0.05, 0) is 38.1 Å². The van der Waals surface area contributed by atoms with Crippen LogP contribution in [0.15, 0.2) is 18.2 Å². The van der Waals surface area contributed by atoms with Crippen LogP contribution in [-0.2, 0) is 4.74 Å². The van der Waals surface area contributed by atoms with Gasteiger partial charge in [-0.15, -0.1) is 0 Å². The lowest BCUT2D eigenvalue weighted by molar-refractivity contribution is 0.131. The van der Waals surface area contributed by atoms with Gasteiger partial charge in [-0.2, -0.15) is 0 Å². The Morgan fingerprint density at radius 1 is 1.20 bits per heavy atom. The van der Waals surface area contributed by atoms with Crippen LogP contribution in [0.5, 0.6) is 0 Å². The van der Waals surface area contributed by atoms with Crippen LogP contribution < -0.4 is 5.32 Å². The van der Waals surface area contributed by atoms with E-state index < -0.39 is 6.09 Å². The molecule has 0 saturated carbocycles. The normalized spacial score (nSPS) is 15.9. The van der Waals surface area contributed by atoms with Gasteiger partial charge in [-0.25, -0.2) is 4.79 Å². The van der Waals surface area contributed by atoms with E-state index in [1.54, 1.807) is 18.2 Å². The number of hydrogen-bond acceptors (Lipinski definition) is 3. The van der Waals surface area contributed by atoms with Gasteiger partial charge in [-0.1, -0.05) is 35.7 Å². The van der Waals surface area contributed by atoms with E-state index in [4.69, 9.17) is 27.9 Å². The van der Waals surface area contributed by atoms with E-state index >= 15 is 0 Å². The van der Waals surface area contributed by atoms with Crippen molar-refractivity contribution in [2.24, 2.45) is 0 Å². The number of carbonyl (C=O) groups excluding carboxylic acids is 1. The molecule has 6 heteroatoms. The molecule has 1 aliphatic rings. The Bertz CT molecular complexity index is 442. The van der Waals surface area contributed by atoms with Gasteiger partial charge in [0.25, 0.3) is 0 Å². The van der Waals surface area contributed by atoms with Gasteiger partial charge >= 0.3 is 6.09 Å². The third-order valence-corrected chi connectivity index (χ3v) is 3.91. The van der Waals surface area contributed by atoms with Crippen molar-refractivity contribution < 1.29 is 9.53 Å². The second-order valence-corrected chi connectivity index (χ2v) is 5.57. The largest absolute Gasteiger partial charge is 0.448 e. The smallest absolute Gasteiger partial charge is 0.411 e. The number of amides is 1. The summed E-state index contributed by atoms with van der Waals surface area (Å²) in [5.41, 5.74) is 0.388. The van der Waals surface area contributed by atoms with E-state index in [1.807, 2.05) is 0 Å². The molecule has 110 valence electrons. The first kappa shape index (κ1) is 15.4. The molecule has 1 aromatic rings. The lowest BCUT2D eigenvalue weighted by Gasteiger charge is -2.25. The van der Waals surface area contributed by atoms with E-state index in [0.29, 0.717) is 22.3 Å². The maximum absolute atomic E-state index is 11.7. The van der Waals surface area contributed by atoms with Gasteiger partial charge in [0.2, 0.25) is 0 Å². The number of para-hydroxylation sites is 1. The monoisotopic (exact) mass is 316 g/mol. The summed E-state index contributed by atoms with van der Waals surface area (Å²) in [7, 11) is 0. The Morgan fingerprint density at radius 3 is 2.50 bits per heavy atom. The van der Waals surface area contributed by atoms with Crippen molar-refractivity contribution in [2.75, 3.05) is 31.6 Å². The van der Waals surface area contributed by atoms with E-state index in [-0.39, 0.29) is 0 Å². The number of nitrogens with one attached hydrogen (secondary N) is 1. The zero-order valence-electron chi connectivity index (χ0n) is 11.2. The average Bonchev–Trinajstić information content (AvgIpc) is 2.44. The predicted molar refractivity (Wildman–Crippen MR) is 81.7 cm³/mol. The molecular formula is C14H18Cl2N2O2. The van der Waals surface area contributed by atoms with Gasteiger partial charge in [-0.3, -0.25) is 10.2 Å². The van der Waals surface area contributed by atoms with Gasteiger partial charge < -0.3 is 4.74 Å². The summed E-state index contributed by atoms with van der Waals surface area (Å²) in [5, 5.41) is 3.36. The van der Waals surface area contributed by atoms with Crippen LogP contribution in [0.3, 0.4) is 0 Å². The molecule has 0 aromatic heterocycles. The lowest BCUT2D eigenvalue weighted by Crippen LogP contribution is -2.33. The number of carbonyl (C=O) groups is 1. The maximum Gasteiger partial charge on any atom is 0.411 e. The first-order chi connectivity index (χ1) is 9.66. The first-order valence-corrected chi connectivity index (χ1v) is 7.52. The Morgan fingerprint density at radius 2 is 1.85 bits per heavy atom. The van der Waals surface area contributed by atoms with Gasteiger partial charge in [0.05, 0.1) is 15.7 Å². The quantitative estimate of drug-likeness (QED) is 0.911. The van der Waals surface area contributed by atoms with Crippen molar-refractivity contribution in [3.8, 4) is 0 Å². The molecule has 20 heavy (non-hydrogen) atoms. The Balaban J connectivity index is 1.75. The van der Waals surface area contributed by atoms with Crippen LogP contribution in [0, 0.1) is 0 Å². The molecule has 1 amide bonds. The van der Waals surface area contributed by atoms with Crippen molar-refractivity contribution >= 4 is 35.0 Å². The van der Waals surface area contributed by atoms with E-state index in [1.165, 1.54) is 19.3 Å². The van der Waals surface area contributed by atoms with Crippen LogP contribution in [0.2, 0.25) is 10.0 Å².